The predicted molar refractivity (Wildman–Crippen MR) is 126 cm³/mol. The van der Waals surface area contributed by atoms with E-state index in [0.717, 1.165) is 28.9 Å². The minimum absolute atomic E-state index is 0. The van der Waals surface area contributed by atoms with Crippen molar-refractivity contribution >= 4 is 79.5 Å². The van der Waals surface area contributed by atoms with Crippen molar-refractivity contribution in [1.29, 1.82) is 0 Å². The van der Waals surface area contributed by atoms with Crippen LogP contribution in [-0.4, -0.2) is 34.1 Å². The normalized spacial score (nSPS) is 10.8. The molecule has 1 amide bonds. The Morgan fingerprint density at radius 1 is 1.27 bits per heavy atom. The molecule has 0 aliphatic heterocycles. The molecular weight excluding hydrogens is 487 g/mol. The molecule has 0 N–H and O–H groups in total. The number of thiazole rings is 1. The molecule has 3 heterocycles. The van der Waals surface area contributed by atoms with Crippen LogP contribution in [0.15, 0.2) is 43.0 Å². The molecule has 3 aromatic heterocycles. The Morgan fingerprint density at radius 2 is 2.10 bits per heavy atom. The lowest BCUT2D eigenvalue weighted by Crippen LogP contribution is -2.32. The summed E-state index contributed by atoms with van der Waals surface area (Å²) in [5.74, 6) is 0.535. The number of carbonyl (C=O) groups is 1. The number of halogens is 3. The summed E-state index contributed by atoms with van der Waals surface area (Å²) in [6.07, 6.45) is 6.12. The van der Waals surface area contributed by atoms with Gasteiger partial charge in [-0.05, 0) is 30.7 Å². The average Bonchev–Trinajstić information content (AvgIpc) is 3.43. The number of amides is 1. The maximum atomic E-state index is 13.3. The first kappa shape index (κ1) is 22.8. The second-order valence-corrected chi connectivity index (χ2v) is 9.47. The van der Waals surface area contributed by atoms with Crippen LogP contribution in [-0.2, 0) is 6.54 Å². The highest BCUT2D eigenvalue weighted by atomic mass is 35.5. The van der Waals surface area contributed by atoms with Gasteiger partial charge in [0.05, 0.1) is 33.6 Å². The van der Waals surface area contributed by atoms with Crippen LogP contribution in [0.3, 0.4) is 0 Å². The summed E-state index contributed by atoms with van der Waals surface area (Å²) in [5, 5.41) is 0.613. The summed E-state index contributed by atoms with van der Waals surface area (Å²) in [6.45, 7) is 1.22. The first-order valence-corrected chi connectivity index (χ1v) is 11.1. The maximum Gasteiger partial charge on any atom is 0.262 e. The lowest BCUT2D eigenvalue weighted by atomic mass is 10.3. The van der Waals surface area contributed by atoms with Crippen molar-refractivity contribution in [2.75, 3.05) is 18.6 Å². The number of hydrogen-bond donors (Lipinski definition) is 0. The lowest BCUT2D eigenvalue weighted by Gasteiger charge is -2.19. The Bertz CT molecular complexity index is 1140. The largest absolute Gasteiger partial charge is 0.497 e. The number of methoxy groups -OCH3 is 1. The number of thiophene rings is 1. The van der Waals surface area contributed by atoms with Crippen LogP contribution in [0.5, 0.6) is 5.75 Å². The number of anilines is 1. The van der Waals surface area contributed by atoms with Crippen molar-refractivity contribution in [1.82, 2.24) is 14.5 Å². The molecular formula is C19H17Cl3N4O2S2. The number of imidazole rings is 1. The van der Waals surface area contributed by atoms with Gasteiger partial charge in [-0.25, -0.2) is 9.97 Å². The van der Waals surface area contributed by atoms with E-state index in [1.54, 1.807) is 30.6 Å². The van der Waals surface area contributed by atoms with E-state index in [4.69, 9.17) is 27.9 Å². The molecule has 30 heavy (non-hydrogen) atoms. The molecule has 1 aromatic carbocycles. The summed E-state index contributed by atoms with van der Waals surface area (Å²) >= 11 is 14.9. The van der Waals surface area contributed by atoms with E-state index in [2.05, 4.69) is 9.97 Å². The molecule has 0 aliphatic carbocycles. The fourth-order valence-corrected chi connectivity index (χ4v) is 5.35. The van der Waals surface area contributed by atoms with Gasteiger partial charge >= 0.3 is 0 Å². The average molecular weight is 504 g/mol. The Morgan fingerprint density at radius 3 is 2.77 bits per heavy atom. The second kappa shape index (κ2) is 9.98. The lowest BCUT2D eigenvalue weighted by molar-refractivity contribution is 0.0987. The minimum Gasteiger partial charge on any atom is -0.497 e. The van der Waals surface area contributed by atoms with Crippen LogP contribution in [0.4, 0.5) is 5.13 Å². The zero-order chi connectivity index (χ0) is 20.4. The van der Waals surface area contributed by atoms with Crippen LogP contribution in [0, 0.1) is 0 Å². The summed E-state index contributed by atoms with van der Waals surface area (Å²) in [5.41, 5.74) is 1.20. The Kier molecular flexibility index (Phi) is 7.60. The van der Waals surface area contributed by atoms with E-state index in [-0.39, 0.29) is 18.3 Å². The van der Waals surface area contributed by atoms with E-state index in [1.807, 2.05) is 29.0 Å². The molecule has 0 atom stereocenters. The summed E-state index contributed by atoms with van der Waals surface area (Å²) in [6, 6.07) is 7.26. The Hall–Kier alpha value is -1.84. The molecule has 0 fully saturated rings. The van der Waals surface area contributed by atoms with Gasteiger partial charge in [-0.2, -0.15) is 0 Å². The topological polar surface area (TPSA) is 60.2 Å². The van der Waals surface area contributed by atoms with Crippen molar-refractivity contribution in [3.63, 3.8) is 0 Å². The number of carbonyl (C=O) groups excluding carboxylic acids is 1. The molecule has 0 saturated carbocycles. The zero-order valence-electron chi connectivity index (χ0n) is 15.7. The monoisotopic (exact) mass is 502 g/mol. The zero-order valence-corrected chi connectivity index (χ0v) is 19.7. The van der Waals surface area contributed by atoms with Crippen molar-refractivity contribution in [3.05, 3.63) is 57.2 Å². The Balaban J connectivity index is 0.00000256. The number of ether oxygens (including phenoxy) is 1. The highest BCUT2D eigenvalue weighted by Crippen LogP contribution is 2.36. The van der Waals surface area contributed by atoms with Gasteiger partial charge in [0, 0.05) is 25.5 Å². The molecule has 0 saturated heterocycles. The molecule has 0 aliphatic rings. The highest BCUT2D eigenvalue weighted by Gasteiger charge is 2.24. The number of nitrogens with zero attached hydrogens (tertiary/aromatic N) is 4. The first-order chi connectivity index (χ1) is 14.0. The molecule has 11 heteroatoms. The van der Waals surface area contributed by atoms with Crippen molar-refractivity contribution in [3.8, 4) is 5.75 Å². The fraction of sp³-hybridized carbons (Fsp3) is 0.211. The van der Waals surface area contributed by atoms with Crippen molar-refractivity contribution in [2.45, 2.75) is 13.0 Å². The number of benzene rings is 1. The van der Waals surface area contributed by atoms with Crippen LogP contribution >= 0.6 is 58.3 Å². The molecule has 4 rings (SSSR count). The highest BCUT2D eigenvalue weighted by molar-refractivity contribution is 7.22. The summed E-state index contributed by atoms with van der Waals surface area (Å²) in [4.78, 5) is 23.7. The Labute approximate surface area is 197 Å². The molecule has 4 aromatic rings. The maximum absolute atomic E-state index is 13.3. The van der Waals surface area contributed by atoms with Gasteiger partial charge in [0.25, 0.3) is 5.91 Å². The van der Waals surface area contributed by atoms with Crippen molar-refractivity contribution in [2.24, 2.45) is 0 Å². The number of aromatic nitrogens is 3. The van der Waals surface area contributed by atoms with Gasteiger partial charge in [-0.15, -0.1) is 23.7 Å². The number of rotatable bonds is 7. The van der Waals surface area contributed by atoms with Gasteiger partial charge in [-0.3, -0.25) is 9.69 Å². The molecule has 0 unspecified atom stereocenters. The first-order valence-electron chi connectivity index (χ1n) is 8.72. The van der Waals surface area contributed by atoms with Crippen LogP contribution in [0.2, 0.25) is 8.67 Å². The smallest absolute Gasteiger partial charge is 0.262 e. The van der Waals surface area contributed by atoms with E-state index in [1.165, 1.54) is 22.7 Å². The molecule has 0 radical (unpaired) electrons. The van der Waals surface area contributed by atoms with Crippen LogP contribution in [0.25, 0.3) is 10.2 Å². The quantitative estimate of drug-likeness (QED) is 0.309. The van der Waals surface area contributed by atoms with Gasteiger partial charge in [0.15, 0.2) is 5.13 Å². The van der Waals surface area contributed by atoms with Gasteiger partial charge in [0.2, 0.25) is 0 Å². The second-order valence-electron chi connectivity index (χ2n) is 6.18. The SMILES string of the molecule is COc1ccc2nc(N(CCCn3ccnc3)C(=O)c3cc(Cl)sc3Cl)sc2c1.Cl. The van der Waals surface area contributed by atoms with Crippen LogP contribution < -0.4 is 9.64 Å². The summed E-state index contributed by atoms with van der Waals surface area (Å²) < 4.78 is 9.07. The van der Waals surface area contributed by atoms with E-state index >= 15 is 0 Å². The third kappa shape index (κ3) is 4.90. The number of fused-ring (bicyclic) bond motifs is 1. The number of aryl methyl sites for hydroxylation is 1. The molecule has 0 spiro atoms. The third-order valence-electron chi connectivity index (χ3n) is 4.30. The molecule has 158 valence electrons. The molecule has 6 nitrogen and oxygen atoms in total. The van der Waals surface area contributed by atoms with Gasteiger partial charge in [-0.1, -0.05) is 34.5 Å². The fourth-order valence-electron chi connectivity index (χ4n) is 2.88. The van der Waals surface area contributed by atoms with Gasteiger partial charge in [0.1, 0.15) is 10.1 Å². The van der Waals surface area contributed by atoms with E-state index in [0.29, 0.717) is 25.9 Å². The van der Waals surface area contributed by atoms with E-state index < -0.39 is 0 Å². The molecule has 0 bridgehead atoms. The van der Waals surface area contributed by atoms with E-state index in [9.17, 15) is 4.79 Å². The minimum atomic E-state index is -0.213. The van der Waals surface area contributed by atoms with Gasteiger partial charge < -0.3 is 9.30 Å². The summed E-state index contributed by atoms with van der Waals surface area (Å²) in [7, 11) is 1.62. The third-order valence-corrected chi connectivity index (χ3v) is 6.83. The predicted octanol–water partition coefficient (Wildman–Crippen LogP) is 6.03. The standard InChI is InChI=1S/C19H16Cl2N4O2S2.ClH/c1-27-12-3-4-14-15(9-12)28-19(23-14)25(7-2-6-24-8-5-22-11-24)18(26)13-10-16(20)29-17(13)21;/h3-5,8-11H,2,6-7H2,1H3;1H. The van der Waals surface area contributed by atoms with Crippen LogP contribution in [0.1, 0.15) is 16.8 Å². The van der Waals surface area contributed by atoms with Crippen molar-refractivity contribution < 1.29 is 9.53 Å². The number of hydrogen-bond acceptors (Lipinski definition) is 6.